The fraction of sp³-hybridized carbons (Fsp3) is 0.900. The molecule has 1 rings (SSSR count). The second-order valence-electron chi connectivity index (χ2n) is 3.87. The van der Waals surface area contributed by atoms with Crippen LogP contribution in [0.5, 0.6) is 0 Å². The fourth-order valence-corrected chi connectivity index (χ4v) is 1.31. The molecule has 1 aliphatic carbocycles. The molecule has 82 valence electrons. The van der Waals surface area contributed by atoms with Crippen molar-refractivity contribution in [3.05, 3.63) is 0 Å². The normalized spacial score (nSPS) is 18.3. The molecule has 0 heterocycles. The maximum atomic E-state index is 11.4. The second kappa shape index (κ2) is 5.32. The number of likely N-dealkylation sites (N-methyl/N-ethyl adjacent to an activating group) is 1. The monoisotopic (exact) mass is 200 g/mol. The van der Waals surface area contributed by atoms with Gasteiger partial charge in [0.15, 0.2) is 0 Å². The van der Waals surface area contributed by atoms with Gasteiger partial charge >= 0.3 is 5.97 Å². The molecule has 14 heavy (non-hydrogen) atoms. The van der Waals surface area contributed by atoms with Gasteiger partial charge < -0.3 is 15.0 Å². The Bertz CT molecular complexity index is 193. The van der Waals surface area contributed by atoms with Crippen molar-refractivity contribution in [2.75, 3.05) is 27.2 Å². The Morgan fingerprint density at radius 2 is 2.29 bits per heavy atom. The molecule has 1 fully saturated rings. The number of nitrogens with one attached hydrogen (secondary N) is 1. The first-order valence-electron chi connectivity index (χ1n) is 5.19. The first kappa shape index (κ1) is 11.5. The third-order valence-electron chi connectivity index (χ3n) is 2.53. The molecular weight excluding hydrogens is 180 g/mol. The summed E-state index contributed by atoms with van der Waals surface area (Å²) in [6.45, 7) is 3.74. The van der Waals surface area contributed by atoms with Gasteiger partial charge in [0.05, 0.1) is 7.11 Å². The van der Waals surface area contributed by atoms with Gasteiger partial charge in [0.1, 0.15) is 6.04 Å². The van der Waals surface area contributed by atoms with Crippen molar-refractivity contribution in [2.24, 2.45) is 0 Å². The van der Waals surface area contributed by atoms with E-state index in [1.165, 1.54) is 20.0 Å². The average molecular weight is 200 g/mol. The molecule has 4 nitrogen and oxygen atoms in total. The van der Waals surface area contributed by atoms with Crippen LogP contribution in [0.3, 0.4) is 0 Å². The summed E-state index contributed by atoms with van der Waals surface area (Å²) in [7, 11) is 3.44. The molecule has 1 aliphatic rings. The van der Waals surface area contributed by atoms with Gasteiger partial charge in [0.2, 0.25) is 0 Å². The van der Waals surface area contributed by atoms with Gasteiger partial charge in [-0.2, -0.15) is 0 Å². The van der Waals surface area contributed by atoms with Crippen molar-refractivity contribution in [3.63, 3.8) is 0 Å². The lowest BCUT2D eigenvalue weighted by Gasteiger charge is -2.21. The highest BCUT2D eigenvalue weighted by Gasteiger charge is 2.29. The predicted octanol–water partition coefficient (Wildman–Crippen LogP) is 0.232. The number of ether oxygens (including phenoxy) is 1. The highest BCUT2D eigenvalue weighted by molar-refractivity contribution is 5.76. The third-order valence-corrected chi connectivity index (χ3v) is 2.53. The summed E-state index contributed by atoms with van der Waals surface area (Å²) in [6, 6.07) is 0.363. The van der Waals surface area contributed by atoms with E-state index in [1.807, 2.05) is 7.05 Å². The molecule has 0 spiro atoms. The van der Waals surface area contributed by atoms with Crippen molar-refractivity contribution < 1.29 is 9.53 Å². The lowest BCUT2D eigenvalue weighted by molar-refractivity contribution is -0.143. The molecule has 0 aliphatic heterocycles. The van der Waals surface area contributed by atoms with E-state index in [2.05, 4.69) is 17.1 Å². The number of rotatable bonds is 6. The zero-order valence-electron chi connectivity index (χ0n) is 9.25. The Morgan fingerprint density at radius 1 is 1.64 bits per heavy atom. The van der Waals surface area contributed by atoms with Crippen LogP contribution in [0, 0.1) is 0 Å². The Kier molecular flexibility index (Phi) is 4.35. The Hall–Kier alpha value is -0.610. The summed E-state index contributed by atoms with van der Waals surface area (Å²) in [5.74, 6) is -0.155. The summed E-state index contributed by atoms with van der Waals surface area (Å²) in [5, 5.41) is 3.29. The molecule has 1 saturated carbocycles. The quantitative estimate of drug-likeness (QED) is 0.623. The molecule has 0 amide bonds. The molecule has 0 bridgehead atoms. The standard InChI is InChI=1S/C10H20N2O2/c1-4-12(2)7-9(10(13)14-3)11-8-5-6-8/h8-9,11H,4-7H2,1-3H3. The van der Waals surface area contributed by atoms with E-state index in [0.29, 0.717) is 6.04 Å². The third kappa shape index (κ3) is 3.64. The van der Waals surface area contributed by atoms with E-state index >= 15 is 0 Å². The maximum absolute atomic E-state index is 11.4. The number of carbonyl (C=O) groups excluding carboxylic acids is 1. The highest BCUT2D eigenvalue weighted by Crippen LogP contribution is 2.19. The highest BCUT2D eigenvalue weighted by atomic mass is 16.5. The minimum atomic E-state index is -0.169. The summed E-state index contributed by atoms with van der Waals surface area (Å²) in [6.07, 6.45) is 2.37. The van der Waals surface area contributed by atoms with Crippen LogP contribution in [0.4, 0.5) is 0 Å². The van der Waals surface area contributed by atoms with Crippen molar-refractivity contribution in [1.29, 1.82) is 0 Å². The summed E-state index contributed by atoms with van der Waals surface area (Å²) < 4.78 is 4.76. The SMILES string of the molecule is CCN(C)CC(NC1CC1)C(=O)OC. The van der Waals surface area contributed by atoms with Crippen LogP contribution in [0.2, 0.25) is 0 Å². The lowest BCUT2D eigenvalue weighted by atomic mass is 10.2. The van der Waals surface area contributed by atoms with Crippen LogP contribution >= 0.6 is 0 Å². The van der Waals surface area contributed by atoms with Gasteiger partial charge in [0.25, 0.3) is 0 Å². The van der Waals surface area contributed by atoms with Crippen molar-refractivity contribution in [2.45, 2.75) is 31.8 Å². The number of hydrogen-bond donors (Lipinski definition) is 1. The molecule has 0 aromatic rings. The van der Waals surface area contributed by atoms with E-state index in [-0.39, 0.29) is 12.0 Å². The number of esters is 1. The van der Waals surface area contributed by atoms with Gasteiger partial charge in [-0.05, 0) is 26.4 Å². The van der Waals surface area contributed by atoms with E-state index < -0.39 is 0 Å². The van der Waals surface area contributed by atoms with E-state index in [1.54, 1.807) is 0 Å². The van der Waals surface area contributed by atoms with E-state index in [4.69, 9.17) is 4.74 Å². The zero-order valence-corrected chi connectivity index (χ0v) is 9.25. The molecule has 0 aromatic heterocycles. The summed E-state index contributed by atoms with van der Waals surface area (Å²) in [4.78, 5) is 13.5. The first-order chi connectivity index (χ1) is 6.67. The number of hydrogen-bond acceptors (Lipinski definition) is 4. The van der Waals surface area contributed by atoms with Crippen LogP contribution in [-0.4, -0.2) is 50.2 Å². The first-order valence-corrected chi connectivity index (χ1v) is 5.19. The minimum absolute atomic E-state index is 0.155. The van der Waals surface area contributed by atoms with Crippen molar-refractivity contribution in [3.8, 4) is 0 Å². The van der Waals surface area contributed by atoms with Crippen LogP contribution in [0.1, 0.15) is 19.8 Å². The molecule has 4 heteroatoms. The molecule has 0 aromatic carbocycles. The summed E-state index contributed by atoms with van der Waals surface area (Å²) in [5.41, 5.74) is 0. The van der Waals surface area contributed by atoms with Gasteiger partial charge in [-0.15, -0.1) is 0 Å². The van der Waals surface area contributed by atoms with Crippen LogP contribution in [0.25, 0.3) is 0 Å². The largest absolute Gasteiger partial charge is 0.468 e. The topological polar surface area (TPSA) is 41.6 Å². The smallest absolute Gasteiger partial charge is 0.324 e. The number of nitrogens with zero attached hydrogens (tertiary/aromatic N) is 1. The average Bonchev–Trinajstić information content (AvgIpc) is 2.99. The molecule has 1 atom stereocenters. The Labute approximate surface area is 85.6 Å². The Morgan fingerprint density at radius 3 is 2.71 bits per heavy atom. The number of carbonyl (C=O) groups is 1. The molecule has 0 saturated heterocycles. The van der Waals surface area contributed by atoms with E-state index in [0.717, 1.165) is 13.1 Å². The lowest BCUT2D eigenvalue weighted by Crippen LogP contribution is -2.46. The predicted molar refractivity (Wildman–Crippen MR) is 55.1 cm³/mol. The van der Waals surface area contributed by atoms with Crippen LogP contribution in [-0.2, 0) is 9.53 Å². The van der Waals surface area contributed by atoms with Gasteiger partial charge in [-0.3, -0.25) is 4.79 Å². The van der Waals surface area contributed by atoms with Crippen molar-refractivity contribution >= 4 is 5.97 Å². The molecule has 0 radical (unpaired) electrons. The van der Waals surface area contributed by atoms with Gasteiger partial charge in [-0.1, -0.05) is 6.92 Å². The molecular formula is C10H20N2O2. The van der Waals surface area contributed by atoms with Crippen molar-refractivity contribution in [1.82, 2.24) is 10.2 Å². The minimum Gasteiger partial charge on any atom is -0.468 e. The second-order valence-corrected chi connectivity index (χ2v) is 3.87. The Balaban J connectivity index is 2.38. The maximum Gasteiger partial charge on any atom is 0.324 e. The molecule has 1 N–H and O–H groups in total. The van der Waals surface area contributed by atoms with E-state index in [9.17, 15) is 4.79 Å². The van der Waals surface area contributed by atoms with Gasteiger partial charge in [0, 0.05) is 12.6 Å². The molecule has 1 unspecified atom stereocenters. The summed E-state index contributed by atoms with van der Waals surface area (Å²) >= 11 is 0. The van der Waals surface area contributed by atoms with Gasteiger partial charge in [-0.25, -0.2) is 0 Å². The van der Waals surface area contributed by atoms with Crippen LogP contribution in [0.15, 0.2) is 0 Å². The number of methoxy groups -OCH3 is 1. The zero-order chi connectivity index (χ0) is 10.6. The van der Waals surface area contributed by atoms with Crippen LogP contribution < -0.4 is 5.32 Å². The fourth-order valence-electron chi connectivity index (χ4n) is 1.31.